The number of benzene rings is 1. The van der Waals surface area contributed by atoms with E-state index in [4.69, 9.17) is 27.9 Å². The monoisotopic (exact) mass is 246 g/mol. The zero-order chi connectivity index (χ0) is 11.4. The molecule has 0 amide bonds. The lowest BCUT2D eigenvalue weighted by atomic mass is 10.1. The fraction of sp³-hybridized carbons (Fsp3) is 0.364. The van der Waals surface area contributed by atoms with E-state index in [-0.39, 0.29) is 5.78 Å². The fourth-order valence-electron chi connectivity index (χ4n) is 1.19. The van der Waals surface area contributed by atoms with Gasteiger partial charge in [0.05, 0.1) is 17.5 Å². The molecule has 1 rings (SSSR count). The lowest BCUT2D eigenvalue weighted by Crippen LogP contribution is -2.12. The van der Waals surface area contributed by atoms with Crippen molar-refractivity contribution in [1.29, 1.82) is 0 Å². The van der Waals surface area contributed by atoms with E-state index < -0.39 is 5.38 Å². The molecule has 0 radical (unpaired) electrons. The van der Waals surface area contributed by atoms with Crippen LogP contribution in [0.3, 0.4) is 0 Å². The number of carbonyl (C=O) groups is 1. The highest BCUT2D eigenvalue weighted by Gasteiger charge is 2.17. The molecule has 0 aromatic heterocycles. The largest absolute Gasteiger partial charge is 0.493 e. The number of rotatable bonds is 4. The van der Waals surface area contributed by atoms with Crippen molar-refractivity contribution in [2.24, 2.45) is 0 Å². The standard InChI is InChI=1S/C11H12Cl2O2/c1-3-15-10-5-4-8(13)6-9(10)11(14)7(2)12/h4-7H,3H2,1-2H3. The van der Waals surface area contributed by atoms with E-state index in [2.05, 4.69) is 0 Å². The molecule has 1 aromatic rings. The van der Waals surface area contributed by atoms with E-state index in [0.29, 0.717) is 22.9 Å². The Balaban J connectivity index is 3.12. The van der Waals surface area contributed by atoms with Crippen LogP contribution in [0.25, 0.3) is 0 Å². The molecule has 2 nitrogen and oxygen atoms in total. The van der Waals surface area contributed by atoms with Gasteiger partial charge in [-0.1, -0.05) is 11.6 Å². The highest BCUT2D eigenvalue weighted by molar-refractivity contribution is 6.35. The average Bonchev–Trinajstić information content (AvgIpc) is 2.20. The molecule has 82 valence electrons. The zero-order valence-corrected chi connectivity index (χ0v) is 10.1. The first-order valence-electron chi connectivity index (χ1n) is 4.67. The summed E-state index contributed by atoms with van der Waals surface area (Å²) in [6.45, 7) is 3.98. The molecule has 0 aliphatic rings. The summed E-state index contributed by atoms with van der Waals surface area (Å²) in [7, 11) is 0. The zero-order valence-electron chi connectivity index (χ0n) is 8.59. The van der Waals surface area contributed by atoms with Gasteiger partial charge >= 0.3 is 0 Å². The smallest absolute Gasteiger partial charge is 0.184 e. The second-order valence-electron chi connectivity index (χ2n) is 3.05. The van der Waals surface area contributed by atoms with Gasteiger partial charge in [-0.2, -0.15) is 0 Å². The molecule has 15 heavy (non-hydrogen) atoms. The summed E-state index contributed by atoms with van der Waals surface area (Å²) < 4.78 is 5.33. The Bertz CT molecular complexity index is 362. The third-order valence-corrected chi connectivity index (χ3v) is 2.30. The van der Waals surface area contributed by atoms with Crippen molar-refractivity contribution >= 4 is 29.0 Å². The van der Waals surface area contributed by atoms with Gasteiger partial charge in [0.25, 0.3) is 0 Å². The van der Waals surface area contributed by atoms with Gasteiger partial charge in [0.15, 0.2) is 5.78 Å². The van der Waals surface area contributed by atoms with Crippen LogP contribution in [0, 0.1) is 0 Å². The highest BCUT2D eigenvalue weighted by atomic mass is 35.5. The maximum absolute atomic E-state index is 11.7. The van der Waals surface area contributed by atoms with Crippen molar-refractivity contribution in [2.45, 2.75) is 19.2 Å². The first kappa shape index (κ1) is 12.3. The Labute approximate surface area is 99.1 Å². The second-order valence-corrected chi connectivity index (χ2v) is 4.14. The molecular weight excluding hydrogens is 235 g/mol. The number of hydrogen-bond acceptors (Lipinski definition) is 2. The molecule has 4 heteroatoms. The van der Waals surface area contributed by atoms with Gasteiger partial charge in [-0.15, -0.1) is 11.6 Å². The number of ether oxygens (including phenoxy) is 1. The number of Topliss-reactive ketones (excluding diaryl/α,β-unsaturated/α-hetero) is 1. The molecule has 0 bridgehead atoms. The van der Waals surface area contributed by atoms with Gasteiger partial charge in [-0.25, -0.2) is 0 Å². The van der Waals surface area contributed by atoms with Crippen LogP contribution in [0.2, 0.25) is 5.02 Å². The van der Waals surface area contributed by atoms with Crippen molar-refractivity contribution in [3.8, 4) is 5.75 Å². The van der Waals surface area contributed by atoms with Gasteiger partial charge in [0.2, 0.25) is 0 Å². The molecule has 0 fully saturated rings. The molecule has 0 saturated carbocycles. The van der Waals surface area contributed by atoms with Gasteiger partial charge < -0.3 is 4.74 Å². The second kappa shape index (κ2) is 5.38. The van der Waals surface area contributed by atoms with Gasteiger partial charge in [0, 0.05) is 5.02 Å². The summed E-state index contributed by atoms with van der Waals surface area (Å²) in [6, 6.07) is 4.94. The number of carbonyl (C=O) groups excluding carboxylic acids is 1. The van der Waals surface area contributed by atoms with E-state index >= 15 is 0 Å². The van der Waals surface area contributed by atoms with Crippen molar-refractivity contribution in [3.63, 3.8) is 0 Å². The molecular formula is C11H12Cl2O2. The summed E-state index contributed by atoms with van der Waals surface area (Å²) in [6.07, 6.45) is 0. The van der Waals surface area contributed by atoms with Crippen LogP contribution >= 0.6 is 23.2 Å². The summed E-state index contributed by atoms with van der Waals surface area (Å²) in [5.41, 5.74) is 0.437. The lowest BCUT2D eigenvalue weighted by molar-refractivity contribution is 0.0988. The Morgan fingerprint density at radius 1 is 1.53 bits per heavy atom. The Hall–Kier alpha value is -0.730. The predicted molar refractivity (Wildman–Crippen MR) is 62.3 cm³/mol. The van der Waals surface area contributed by atoms with E-state index in [1.807, 2.05) is 6.92 Å². The van der Waals surface area contributed by atoms with Gasteiger partial charge in [0.1, 0.15) is 5.75 Å². The minimum atomic E-state index is -0.581. The van der Waals surface area contributed by atoms with Crippen LogP contribution in [0.5, 0.6) is 5.75 Å². The lowest BCUT2D eigenvalue weighted by Gasteiger charge is -2.10. The van der Waals surface area contributed by atoms with Crippen molar-refractivity contribution in [1.82, 2.24) is 0 Å². The molecule has 0 N–H and O–H groups in total. The number of ketones is 1. The molecule has 0 heterocycles. The summed E-state index contributed by atoms with van der Waals surface area (Å²) in [5.74, 6) is 0.349. The van der Waals surface area contributed by atoms with Crippen LogP contribution in [-0.4, -0.2) is 17.8 Å². The molecule has 0 spiro atoms. The molecule has 1 atom stereocenters. The number of halogens is 2. The maximum atomic E-state index is 11.7. The van der Waals surface area contributed by atoms with Crippen LogP contribution < -0.4 is 4.74 Å². The first-order chi connectivity index (χ1) is 7.06. The average molecular weight is 247 g/mol. The summed E-state index contributed by atoms with van der Waals surface area (Å²) in [5, 5.41) is -0.0817. The maximum Gasteiger partial charge on any atom is 0.184 e. The Kier molecular flexibility index (Phi) is 4.43. The van der Waals surface area contributed by atoms with Gasteiger partial charge in [-0.05, 0) is 32.0 Å². The summed E-state index contributed by atoms with van der Waals surface area (Å²) in [4.78, 5) is 11.7. The molecule has 1 unspecified atom stereocenters. The van der Waals surface area contributed by atoms with Crippen molar-refractivity contribution in [3.05, 3.63) is 28.8 Å². The fourth-order valence-corrected chi connectivity index (χ4v) is 1.48. The molecule has 1 aromatic carbocycles. The third-order valence-electron chi connectivity index (χ3n) is 1.87. The minimum absolute atomic E-state index is 0.178. The molecule has 0 aliphatic carbocycles. The summed E-state index contributed by atoms with van der Waals surface area (Å²) >= 11 is 11.6. The normalized spacial score (nSPS) is 12.3. The highest BCUT2D eigenvalue weighted by Crippen LogP contribution is 2.25. The first-order valence-corrected chi connectivity index (χ1v) is 5.48. The van der Waals surface area contributed by atoms with E-state index in [1.54, 1.807) is 25.1 Å². The SMILES string of the molecule is CCOc1ccc(Cl)cc1C(=O)C(C)Cl. The quantitative estimate of drug-likeness (QED) is 0.600. The van der Waals surface area contributed by atoms with Crippen LogP contribution in [0.4, 0.5) is 0 Å². The number of alkyl halides is 1. The van der Waals surface area contributed by atoms with Crippen molar-refractivity contribution in [2.75, 3.05) is 6.61 Å². The molecule has 0 saturated heterocycles. The number of hydrogen-bond donors (Lipinski definition) is 0. The Morgan fingerprint density at radius 3 is 2.73 bits per heavy atom. The van der Waals surface area contributed by atoms with Crippen LogP contribution in [0.1, 0.15) is 24.2 Å². The van der Waals surface area contributed by atoms with Crippen molar-refractivity contribution < 1.29 is 9.53 Å². The third kappa shape index (κ3) is 3.11. The van der Waals surface area contributed by atoms with Crippen LogP contribution in [0.15, 0.2) is 18.2 Å². The van der Waals surface area contributed by atoms with E-state index in [1.165, 1.54) is 0 Å². The topological polar surface area (TPSA) is 26.3 Å². The van der Waals surface area contributed by atoms with Crippen LogP contribution in [-0.2, 0) is 0 Å². The van der Waals surface area contributed by atoms with Gasteiger partial charge in [-0.3, -0.25) is 4.79 Å². The Morgan fingerprint density at radius 2 is 2.20 bits per heavy atom. The van der Waals surface area contributed by atoms with E-state index in [9.17, 15) is 4.79 Å². The minimum Gasteiger partial charge on any atom is -0.493 e. The van der Waals surface area contributed by atoms with E-state index in [0.717, 1.165) is 0 Å². The molecule has 0 aliphatic heterocycles. The predicted octanol–water partition coefficient (Wildman–Crippen LogP) is 3.55.